The molecule has 0 aliphatic carbocycles. The van der Waals surface area contributed by atoms with Crippen LogP contribution in [0.5, 0.6) is 0 Å². The van der Waals surface area contributed by atoms with Crippen molar-refractivity contribution < 1.29 is 27.2 Å². The summed E-state index contributed by atoms with van der Waals surface area (Å²) < 4.78 is 34.2. The van der Waals surface area contributed by atoms with Crippen LogP contribution >= 0.6 is 0 Å². The molecule has 1 aromatic carbocycles. The van der Waals surface area contributed by atoms with Crippen LogP contribution in [0, 0.1) is 6.92 Å². The van der Waals surface area contributed by atoms with E-state index in [-0.39, 0.29) is 24.2 Å². The van der Waals surface area contributed by atoms with Gasteiger partial charge in [-0.25, -0.2) is 4.79 Å². The van der Waals surface area contributed by atoms with Crippen LogP contribution in [0.25, 0.3) is 0 Å². The fourth-order valence-electron chi connectivity index (χ4n) is 2.17. The smallest absolute Gasteiger partial charge is 0.407 e. The summed E-state index contributed by atoms with van der Waals surface area (Å²) in [6, 6.07) is 6.39. The topological polar surface area (TPSA) is 93.1 Å². The van der Waals surface area contributed by atoms with E-state index < -0.39 is 16.2 Å². The number of carboxylic acid groups (broad SMARTS) is 1. The van der Waals surface area contributed by atoms with Crippen molar-refractivity contribution in [2.75, 3.05) is 26.3 Å². The zero-order chi connectivity index (χ0) is 16.2. The first kappa shape index (κ1) is 16.7. The predicted molar refractivity (Wildman–Crippen MR) is 78.3 cm³/mol. The number of hydrogen-bond acceptors (Lipinski definition) is 5. The summed E-state index contributed by atoms with van der Waals surface area (Å²) in [6.45, 7) is 2.61. The van der Waals surface area contributed by atoms with Crippen LogP contribution in [0.4, 0.5) is 4.79 Å². The number of amides is 1. The summed E-state index contributed by atoms with van der Waals surface area (Å²) in [6.07, 6.45) is -0.567. The standard InChI is InChI=1S/C14H19NO6S/c1-11-2-4-13(5-3-11)22(18,19)21-9-8-20-12-6-7-15(10-12)14(16)17/h2-5,12H,6-10H2,1H3,(H,16,17). The maximum absolute atomic E-state index is 11.9. The van der Waals surface area contributed by atoms with Gasteiger partial charge in [-0.1, -0.05) is 17.7 Å². The Kier molecular flexibility index (Phi) is 5.38. The number of benzene rings is 1. The fraction of sp³-hybridized carbons (Fsp3) is 0.500. The molecule has 1 unspecified atom stereocenters. The number of nitrogens with zero attached hydrogens (tertiary/aromatic N) is 1. The average molecular weight is 329 g/mol. The maximum Gasteiger partial charge on any atom is 0.407 e. The van der Waals surface area contributed by atoms with Crippen molar-refractivity contribution in [3.8, 4) is 0 Å². The molecule has 1 N–H and O–H groups in total. The normalized spacial score (nSPS) is 18.6. The lowest BCUT2D eigenvalue weighted by Gasteiger charge is -2.13. The summed E-state index contributed by atoms with van der Waals surface area (Å²) in [5.74, 6) is 0. The second-order valence-electron chi connectivity index (χ2n) is 5.10. The Morgan fingerprint density at radius 3 is 2.59 bits per heavy atom. The molecule has 1 atom stereocenters. The number of likely N-dealkylation sites (tertiary alicyclic amines) is 1. The zero-order valence-corrected chi connectivity index (χ0v) is 13.1. The highest BCUT2D eigenvalue weighted by Gasteiger charge is 2.26. The average Bonchev–Trinajstić information content (AvgIpc) is 2.93. The van der Waals surface area contributed by atoms with Crippen LogP contribution in [-0.2, 0) is 19.0 Å². The van der Waals surface area contributed by atoms with Gasteiger partial charge >= 0.3 is 6.09 Å². The van der Waals surface area contributed by atoms with Gasteiger partial charge in [0.1, 0.15) is 0 Å². The third-order valence-electron chi connectivity index (χ3n) is 3.40. The highest BCUT2D eigenvalue weighted by atomic mass is 32.2. The molecule has 2 rings (SSSR count). The van der Waals surface area contributed by atoms with Gasteiger partial charge in [-0.05, 0) is 25.5 Å². The van der Waals surface area contributed by atoms with Crippen molar-refractivity contribution in [2.45, 2.75) is 24.3 Å². The van der Waals surface area contributed by atoms with Gasteiger partial charge in [-0.15, -0.1) is 0 Å². The minimum atomic E-state index is -3.78. The molecule has 0 radical (unpaired) electrons. The van der Waals surface area contributed by atoms with Crippen molar-refractivity contribution in [3.63, 3.8) is 0 Å². The minimum absolute atomic E-state index is 0.0974. The largest absolute Gasteiger partial charge is 0.465 e. The molecule has 1 saturated heterocycles. The van der Waals surface area contributed by atoms with Crippen LogP contribution in [0.1, 0.15) is 12.0 Å². The molecule has 8 heteroatoms. The second-order valence-corrected chi connectivity index (χ2v) is 6.71. The van der Waals surface area contributed by atoms with Crippen molar-refractivity contribution >= 4 is 16.2 Å². The van der Waals surface area contributed by atoms with Crippen LogP contribution < -0.4 is 0 Å². The fourth-order valence-corrected chi connectivity index (χ4v) is 3.06. The van der Waals surface area contributed by atoms with Gasteiger partial charge in [0.05, 0.1) is 30.8 Å². The Morgan fingerprint density at radius 1 is 1.32 bits per heavy atom. The highest BCUT2D eigenvalue weighted by molar-refractivity contribution is 7.86. The van der Waals surface area contributed by atoms with Crippen molar-refractivity contribution in [3.05, 3.63) is 29.8 Å². The van der Waals surface area contributed by atoms with E-state index in [9.17, 15) is 13.2 Å². The van der Waals surface area contributed by atoms with Gasteiger partial charge in [-0.2, -0.15) is 8.42 Å². The Bertz CT molecular complexity index is 613. The predicted octanol–water partition coefficient (Wildman–Crippen LogP) is 1.47. The second kappa shape index (κ2) is 7.08. The van der Waals surface area contributed by atoms with Gasteiger partial charge < -0.3 is 14.7 Å². The lowest BCUT2D eigenvalue weighted by molar-refractivity contribution is 0.0405. The lowest BCUT2D eigenvalue weighted by Crippen LogP contribution is -2.28. The minimum Gasteiger partial charge on any atom is -0.465 e. The maximum atomic E-state index is 11.9. The van der Waals surface area contributed by atoms with E-state index in [1.165, 1.54) is 17.0 Å². The molecule has 1 heterocycles. The van der Waals surface area contributed by atoms with E-state index in [4.69, 9.17) is 14.0 Å². The van der Waals surface area contributed by atoms with Gasteiger partial charge in [0.25, 0.3) is 10.1 Å². The molecule has 22 heavy (non-hydrogen) atoms. The molecule has 1 aliphatic rings. The first-order valence-electron chi connectivity index (χ1n) is 6.94. The Morgan fingerprint density at radius 2 is 2.00 bits per heavy atom. The van der Waals surface area contributed by atoms with Crippen molar-refractivity contribution in [1.82, 2.24) is 4.90 Å². The van der Waals surface area contributed by atoms with Gasteiger partial charge in [0, 0.05) is 6.54 Å². The van der Waals surface area contributed by atoms with Crippen molar-refractivity contribution in [1.29, 1.82) is 0 Å². The molecule has 1 amide bonds. The first-order valence-corrected chi connectivity index (χ1v) is 8.35. The first-order chi connectivity index (χ1) is 10.4. The molecule has 1 fully saturated rings. The zero-order valence-electron chi connectivity index (χ0n) is 12.3. The van der Waals surface area contributed by atoms with E-state index in [1.807, 2.05) is 6.92 Å². The number of hydrogen-bond donors (Lipinski definition) is 1. The van der Waals surface area contributed by atoms with Crippen LogP contribution in [0.15, 0.2) is 29.2 Å². The molecular formula is C14H19NO6S. The molecule has 1 aromatic rings. The molecule has 7 nitrogen and oxygen atoms in total. The lowest BCUT2D eigenvalue weighted by atomic mass is 10.2. The van der Waals surface area contributed by atoms with Gasteiger partial charge in [0.15, 0.2) is 0 Å². The van der Waals surface area contributed by atoms with Crippen LogP contribution in [0.3, 0.4) is 0 Å². The molecular weight excluding hydrogens is 310 g/mol. The van der Waals surface area contributed by atoms with E-state index in [0.29, 0.717) is 19.5 Å². The Balaban J connectivity index is 1.74. The Labute approximate surface area is 129 Å². The molecule has 0 aromatic heterocycles. The summed E-state index contributed by atoms with van der Waals surface area (Å²) >= 11 is 0. The number of aryl methyl sites for hydroxylation is 1. The monoisotopic (exact) mass is 329 g/mol. The van der Waals surface area contributed by atoms with E-state index in [0.717, 1.165) is 5.56 Å². The van der Waals surface area contributed by atoms with Crippen LogP contribution in [-0.4, -0.2) is 56.9 Å². The van der Waals surface area contributed by atoms with Gasteiger partial charge in [0.2, 0.25) is 0 Å². The number of carbonyl (C=O) groups is 1. The third kappa shape index (κ3) is 4.43. The summed E-state index contributed by atoms with van der Waals surface area (Å²) in [4.78, 5) is 12.1. The summed E-state index contributed by atoms with van der Waals surface area (Å²) in [5, 5.41) is 8.82. The SMILES string of the molecule is Cc1ccc(S(=O)(=O)OCCOC2CCN(C(=O)O)C2)cc1. The quantitative estimate of drug-likeness (QED) is 0.627. The molecule has 0 saturated carbocycles. The molecule has 122 valence electrons. The molecule has 0 bridgehead atoms. The summed E-state index contributed by atoms with van der Waals surface area (Å²) in [5.41, 5.74) is 0.964. The summed E-state index contributed by atoms with van der Waals surface area (Å²) in [7, 11) is -3.78. The number of rotatable bonds is 6. The molecule has 1 aliphatic heterocycles. The highest BCUT2D eigenvalue weighted by Crippen LogP contribution is 2.14. The van der Waals surface area contributed by atoms with E-state index >= 15 is 0 Å². The van der Waals surface area contributed by atoms with Crippen LogP contribution in [0.2, 0.25) is 0 Å². The van der Waals surface area contributed by atoms with Gasteiger partial charge in [-0.3, -0.25) is 4.18 Å². The van der Waals surface area contributed by atoms with E-state index in [2.05, 4.69) is 0 Å². The van der Waals surface area contributed by atoms with E-state index in [1.54, 1.807) is 12.1 Å². The van der Waals surface area contributed by atoms with Crippen molar-refractivity contribution in [2.24, 2.45) is 0 Å². The molecule has 0 spiro atoms. The Hall–Kier alpha value is -1.64. The third-order valence-corrected chi connectivity index (χ3v) is 4.73. The number of ether oxygens (including phenoxy) is 1.